The normalized spacial score (nSPS) is 13.5. The Labute approximate surface area is 181 Å². The predicted molar refractivity (Wildman–Crippen MR) is 130 cm³/mol. The van der Waals surface area contributed by atoms with E-state index in [0.29, 0.717) is 0 Å². The number of hydrogen-bond acceptors (Lipinski definition) is 3. The molecule has 0 aliphatic heterocycles. The van der Waals surface area contributed by atoms with Gasteiger partial charge in [0.15, 0.2) is 0 Å². The fraction of sp³-hybridized carbons (Fsp3) is 0.0370. The Morgan fingerprint density at radius 3 is 2.37 bits per heavy atom. The van der Waals surface area contributed by atoms with Crippen molar-refractivity contribution < 1.29 is 0 Å². The van der Waals surface area contributed by atoms with Gasteiger partial charge in [0.2, 0.25) is 0 Å². The molecule has 0 radical (unpaired) electrons. The Morgan fingerprint density at radius 1 is 0.800 bits per heavy atom. The summed E-state index contributed by atoms with van der Waals surface area (Å²) in [5.41, 5.74) is 5.69. The molecule has 1 N–H and O–H groups in total. The first kappa shape index (κ1) is 18.5. The van der Waals surface area contributed by atoms with Crippen LogP contribution >= 0.6 is 11.3 Å². The van der Waals surface area contributed by atoms with Gasteiger partial charge in [0, 0.05) is 38.2 Å². The lowest BCUT2D eigenvalue weighted by molar-refractivity contribution is 1.19. The molecular weight excluding hydrogens is 384 g/mol. The highest BCUT2D eigenvalue weighted by atomic mass is 32.1. The molecule has 1 aromatic heterocycles. The first-order valence-corrected chi connectivity index (χ1v) is 11.0. The van der Waals surface area contributed by atoms with Crippen molar-refractivity contribution in [1.82, 2.24) is 0 Å². The number of para-hydroxylation sites is 2. The molecule has 146 valence electrons. The van der Waals surface area contributed by atoms with Crippen LogP contribution < -0.4 is 10.2 Å². The van der Waals surface area contributed by atoms with Gasteiger partial charge in [-0.05, 0) is 48.9 Å². The molecule has 0 fully saturated rings. The van der Waals surface area contributed by atoms with Gasteiger partial charge in [-0.2, -0.15) is 0 Å². The monoisotopic (exact) mass is 406 g/mol. The smallest absolute Gasteiger partial charge is 0.0647 e. The van der Waals surface area contributed by atoms with E-state index in [4.69, 9.17) is 0 Å². The van der Waals surface area contributed by atoms with Gasteiger partial charge >= 0.3 is 0 Å². The number of anilines is 3. The second-order valence-corrected chi connectivity index (χ2v) is 8.06. The molecule has 30 heavy (non-hydrogen) atoms. The molecule has 1 aliphatic carbocycles. The van der Waals surface area contributed by atoms with E-state index in [0.717, 1.165) is 29.2 Å². The quantitative estimate of drug-likeness (QED) is 0.362. The highest BCUT2D eigenvalue weighted by molar-refractivity contribution is 7.17. The Hall–Kier alpha value is -3.56. The van der Waals surface area contributed by atoms with Crippen LogP contribution in [0.1, 0.15) is 6.42 Å². The largest absolute Gasteiger partial charge is 0.355 e. The van der Waals surface area contributed by atoms with Crippen LogP contribution in [0.2, 0.25) is 0 Å². The number of allylic oxidation sites excluding steroid dienone is 4. The molecule has 2 nitrogen and oxygen atoms in total. The van der Waals surface area contributed by atoms with Crippen LogP contribution in [0, 0.1) is 0 Å². The first-order valence-electron chi connectivity index (χ1n) is 10.1. The summed E-state index contributed by atoms with van der Waals surface area (Å²) in [6.07, 6.45) is 9.76. The summed E-state index contributed by atoms with van der Waals surface area (Å²) in [4.78, 5) is 2.36. The average molecular weight is 407 g/mol. The maximum absolute atomic E-state index is 3.55. The Bertz CT molecular complexity index is 1230. The molecule has 0 unspecified atom stereocenters. The van der Waals surface area contributed by atoms with Crippen molar-refractivity contribution in [2.75, 3.05) is 10.2 Å². The van der Waals surface area contributed by atoms with Crippen molar-refractivity contribution in [3.8, 4) is 0 Å². The molecule has 1 aliphatic rings. The molecule has 3 heteroatoms. The SMILES string of the molecule is C1=CC(Nc2ccccc2)=CC(N(c2ccccc2)c2csc3ccccc23)=CC1. The fourth-order valence-electron chi connectivity index (χ4n) is 3.71. The highest BCUT2D eigenvalue weighted by Crippen LogP contribution is 2.40. The molecule has 0 spiro atoms. The molecule has 0 saturated carbocycles. The topological polar surface area (TPSA) is 15.3 Å². The van der Waals surface area contributed by atoms with Crippen LogP contribution in [-0.4, -0.2) is 0 Å². The average Bonchev–Trinajstić information content (AvgIpc) is 3.08. The van der Waals surface area contributed by atoms with Crippen LogP contribution in [0.15, 0.2) is 126 Å². The summed E-state index contributed by atoms with van der Waals surface area (Å²) in [6, 6.07) is 29.5. The van der Waals surface area contributed by atoms with Gasteiger partial charge in [0.1, 0.15) is 0 Å². The Kier molecular flexibility index (Phi) is 5.19. The molecule has 0 saturated heterocycles. The first-order chi connectivity index (χ1) is 14.9. The molecule has 0 bridgehead atoms. The minimum absolute atomic E-state index is 0.886. The summed E-state index contributed by atoms with van der Waals surface area (Å²) in [7, 11) is 0. The van der Waals surface area contributed by atoms with Gasteiger partial charge in [0.25, 0.3) is 0 Å². The van der Waals surface area contributed by atoms with Crippen molar-refractivity contribution in [2.45, 2.75) is 6.42 Å². The lowest BCUT2D eigenvalue weighted by Crippen LogP contribution is -2.15. The summed E-state index contributed by atoms with van der Waals surface area (Å²) >= 11 is 1.79. The highest BCUT2D eigenvalue weighted by Gasteiger charge is 2.18. The minimum Gasteiger partial charge on any atom is -0.355 e. The zero-order chi connectivity index (χ0) is 20.2. The van der Waals surface area contributed by atoms with Crippen LogP contribution in [0.3, 0.4) is 0 Å². The van der Waals surface area contributed by atoms with Crippen LogP contribution in [0.4, 0.5) is 17.1 Å². The number of hydrogen-bond donors (Lipinski definition) is 1. The summed E-state index contributed by atoms with van der Waals surface area (Å²) in [6.45, 7) is 0. The number of nitrogens with zero attached hydrogens (tertiary/aromatic N) is 1. The lowest BCUT2D eigenvalue weighted by Gasteiger charge is -2.26. The summed E-state index contributed by atoms with van der Waals surface area (Å²) in [5, 5.41) is 7.08. The minimum atomic E-state index is 0.886. The molecule has 5 rings (SSSR count). The maximum atomic E-state index is 3.55. The van der Waals surface area contributed by atoms with Gasteiger partial charge in [-0.3, -0.25) is 0 Å². The molecule has 0 amide bonds. The van der Waals surface area contributed by atoms with Crippen LogP contribution in [0.5, 0.6) is 0 Å². The van der Waals surface area contributed by atoms with E-state index in [1.165, 1.54) is 15.8 Å². The van der Waals surface area contributed by atoms with Gasteiger partial charge < -0.3 is 10.2 Å². The standard InChI is InChI=1S/C27H22N2S/c1-3-11-21(12-4-1)28-22-13-7-8-16-24(19-22)29(23-14-5-2-6-15-23)26-20-30-27-18-10-9-17-25(26)27/h1-7,9-20,28H,8H2. The number of fused-ring (bicyclic) bond motifs is 1. The fourth-order valence-corrected chi connectivity index (χ4v) is 4.64. The number of rotatable bonds is 5. The van der Waals surface area contributed by atoms with E-state index in [1.807, 2.05) is 18.2 Å². The van der Waals surface area contributed by atoms with E-state index >= 15 is 0 Å². The number of nitrogens with one attached hydrogen (secondary N) is 1. The Balaban J connectivity index is 1.60. The zero-order valence-corrected chi connectivity index (χ0v) is 17.3. The van der Waals surface area contributed by atoms with Crippen molar-refractivity contribution >= 4 is 38.5 Å². The molecule has 4 aromatic rings. The third kappa shape index (κ3) is 3.80. The number of thiophene rings is 1. The van der Waals surface area contributed by atoms with E-state index in [2.05, 4.69) is 107 Å². The van der Waals surface area contributed by atoms with E-state index < -0.39 is 0 Å². The van der Waals surface area contributed by atoms with Crippen molar-refractivity contribution in [3.05, 3.63) is 126 Å². The molecular formula is C27H22N2S. The predicted octanol–water partition coefficient (Wildman–Crippen LogP) is 7.88. The maximum Gasteiger partial charge on any atom is 0.0647 e. The summed E-state index contributed by atoms with van der Waals surface area (Å²) in [5.74, 6) is 0. The number of benzene rings is 3. The Morgan fingerprint density at radius 2 is 1.53 bits per heavy atom. The van der Waals surface area contributed by atoms with Crippen LogP contribution in [-0.2, 0) is 0 Å². The van der Waals surface area contributed by atoms with Crippen molar-refractivity contribution in [2.24, 2.45) is 0 Å². The summed E-state index contributed by atoms with van der Waals surface area (Å²) < 4.78 is 1.30. The second kappa shape index (κ2) is 8.44. The second-order valence-electron chi connectivity index (χ2n) is 7.15. The molecule has 0 atom stereocenters. The van der Waals surface area contributed by atoms with Crippen molar-refractivity contribution in [3.63, 3.8) is 0 Å². The van der Waals surface area contributed by atoms with Crippen LogP contribution in [0.25, 0.3) is 10.1 Å². The van der Waals surface area contributed by atoms with E-state index in [9.17, 15) is 0 Å². The molecule has 3 aromatic carbocycles. The van der Waals surface area contributed by atoms with E-state index in [1.54, 1.807) is 11.3 Å². The zero-order valence-electron chi connectivity index (χ0n) is 16.5. The molecule has 1 heterocycles. The van der Waals surface area contributed by atoms with Gasteiger partial charge in [-0.25, -0.2) is 0 Å². The van der Waals surface area contributed by atoms with Gasteiger partial charge in [-0.15, -0.1) is 11.3 Å². The van der Waals surface area contributed by atoms with Crippen molar-refractivity contribution in [1.29, 1.82) is 0 Å². The lowest BCUT2D eigenvalue weighted by atomic mass is 10.1. The third-order valence-electron chi connectivity index (χ3n) is 5.10. The van der Waals surface area contributed by atoms with E-state index in [-0.39, 0.29) is 0 Å². The third-order valence-corrected chi connectivity index (χ3v) is 6.05. The van der Waals surface area contributed by atoms with Gasteiger partial charge in [-0.1, -0.05) is 66.7 Å². The van der Waals surface area contributed by atoms with Gasteiger partial charge in [0.05, 0.1) is 5.69 Å².